The van der Waals surface area contributed by atoms with E-state index >= 15 is 0 Å². The zero-order valence-electron chi connectivity index (χ0n) is 15.2. The smallest absolute Gasteiger partial charge is 0.328 e. The highest BCUT2D eigenvalue weighted by Gasteiger charge is 2.29. The van der Waals surface area contributed by atoms with Crippen LogP contribution in [0.25, 0.3) is 0 Å². The number of hydrogen-bond acceptors (Lipinski definition) is 3. The van der Waals surface area contributed by atoms with Crippen molar-refractivity contribution in [2.75, 3.05) is 6.61 Å². The summed E-state index contributed by atoms with van der Waals surface area (Å²) < 4.78 is 20.0. The van der Waals surface area contributed by atoms with Gasteiger partial charge in [-0.1, -0.05) is 45.0 Å². The Bertz CT molecular complexity index is 553. The lowest BCUT2D eigenvalue weighted by molar-refractivity contribution is -0.145. The lowest BCUT2D eigenvalue weighted by Crippen LogP contribution is -2.39. The summed E-state index contributed by atoms with van der Waals surface area (Å²) in [6.45, 7) is 14.0. The van der Waals surface area contributed by atoms with Gasteiger partial charge in [-0.25, -0.2) is 13.7 Å². The molecular weight excluding hydrogens is 310 g/mol. The second kappa shape index (κ2) is 7.58. The SMILES string of the molecule is CCOC(=O)[C@H](N[S@](=O)C(C)(C)C)c1ccc(C(C)(C)C)cc1. The predicted molar refractivity (Wildman–Crippen MR) is 95.5 cm³/mol. The summed E-state index contributed by atoms with van der Waals surface area (Å²) in [4.78, 5) is 12.3. The molecule has 0 fully saturated rings. The summed E-state index contributed by atoms with van der Waals surface area (Å²) in [5.41, 5.74) is 1.98. The zero-order valence-corrected chi connectivity index (χ0v) is 16.0. The standard InChI is InChI=1S/C18H29NO3S/c1-8-22-16(20)15(19-23(21)18(5,6)7)13-9-11-14(12-10-13)17(2,3)4/h9-12,15,19H,8H2,1-7H3/t15-,23-/m1/s1. The van der Waals surface area contributed by atoms with Crippen molar-refractivity contribution >= 4 is 17.0 Å². The summed E-state index contributed by atoms with van der Waals surface area (Å²) in [7, 11) is -1.37. The lowest BCUT2D eigenvalue weighted by Gasteiger charge is -2.24. The molecule has 0 heterocycles. The van der Waals surface area contributed by atoms with Gasteiger partial charge in [0.1, 0.15) is 6.04 Å². The Kier molecular flexibility index (Phi) is 6.54. The molecule has 0 aliphatic carbocycles. The third-order valence-electron chi connectivity index (χ3n) is 3.41. The maximum Gasteiger partial charge on any atom is 0.328 e. The van der Waals surface area contributed by atoms with E-state index in [1.54, 1.807) is 6.92 Å². The molecule has 1 rings (SSSR count). The molecule has 4 nitrogen and oxygen atoms in total. The van der Waals surface area contributed by atoms with Crippen LogP contribution in [0.1, 0.15) is 65.6 Å². The van der Waals surface area contributed by atoms with E-state index in [1.807, 2.05) is 45.0 Å². The van der Waals surface area contributed by atoms with Crippen molar-refractivity contribution in [1.29, 1.82) is 0 Å². The Morgan fingerprint density at radius 3 is 2.04 bits per heavy atom. The average molecular weight is 340 g/mol. The molecule has 0 saturated carbocycles. The van der Waals surface area contributed by atoms with Gasteiger partial charge in [0.2, 0.25) is 0 Å². The zero-order chi connectivity index (χ0) is 17.8. The summed E-state index contributed by atoms with van der Waals surface area (Å²) >= 11 is 0. The maximum atomic E-state index is 12.4. The van der Waals surface area contributed by atoms with Crippen LogP contribution in [-0.4, -0.2) is 21.5 Å². The molecule has 0 spiro atoms. The molecule has 1 aromatic rings. The maximum absolute atomic E-state index is 12.4. The fourth-order valence-electron chi connectivity index (χ4n) is 1.94. The highest BCUT2D eigenvalue weighted by molar-refractivity contribution is 7.84. The number of ether oxygens (including phenoxy) is 1. The lowest BCUT2D eigenvalue weighted by atomic mass is 9.86. The number of hydrogen-bond donors (Lipinski definition) is 1. The largest absolute Gasteiger partial charge is 0.465 e. The monoisotopic (exact) mass is 339 g/mol. The molecule has 23 heavy (non-hydrogen) atoms. The molecule has 2 atom stereocenters. The number of carbonyl (C=O) groups excluding carboxylic acids is 1. The van der Waals surface area contributed by atoms with Crippen molar-refractivity contribution < 1.29 is 13.7 Å². The first-order valence-corrected chi connectivity index (χ1v) is 9.07. The van der Waals surface area contributed by atoms with Crippen molar-refractivity contribution in [1.82, 2.24) is 4.72 Å². The van der Waals surface area contributed by atoms with Crippen LogP contribution in [0.4, 0.5) is 0 Å². The minimum atomic E-state index is -1.37. The van der Waals surface area contributed by atoms with E-state index in [0.29, 0.717) is 6.61 Å². The number of rotatable bonds is 5. The van der Waals surface area contributed by atoms with Crippen LogP contribution >= 0.6 is 0 Å². The number of esters is 1. The van der Waals surface area contributed by atoms with Gasteiger partial charge < -0.3 is 4.74 Å². The van der Waals surface area contributed by atoms with Gasteiger partial charge in [0.25, 0.3) is 0 Å². The number of carbonyl (C=O) groups is 1. The van der Waals surface area contributed by atoms with Gasteiger partial charge in [0.05, 0.1) is 22.3 Å². The molecule has 0 bridgehead atoms. The summed E-state index contributed by atoms with van der Waals surface area (Å²) in [5.74, 6) is -0.409. The van der Waals surface area contributed by atoms with Crippen molar-refractivity contribution in [3.8, 4) is 0 Å². The highest BCUT2D eigenvalue weighted by Crippen LogP contribution is 2.25. The molecule has 0 aliphatic heterocycles. The Hall–Kier alpha value is -1.20. The second-order valence-corrected chi connectivity index (χ2v) is 9.55. The van der Waals surface area contributed by atoms with Crippen molar-refractivity contribution in [3.05, 3.63) is 35.4 Å². The van der Waals surface area contributed by atoms with Gasteiger partial charge in [-0.05, 0) is 44.2 Å². The fourth-order valence-corrected chi connectivity index (χ4v) is 2.74. The van der Waals surface area contributed by atoms with Crippen LogP contribution in [0.15, 0.2) is 24.3 Å². The number of benzene rings is 1. The van der Waals surface area contributed by atoms with Crippen molar-refractivity contribution in [2.45, 2.75) is 64.7 Å². The van der Waals surface area contributed by atoms with Gasteiger partial charge in [-0.15, -0.1) is 0 Å². The van der Waals surface area contributed by atoms with E-state index in [4.69, 9.17) is 4.74 Å². The quantitative estimate of drug-likeness (QED) is 0.833. The minimum Gasteiger partial charge on any atom is -0.465 e. The van der Waals surface area contributed by atoms with Crippen LogP contribution in [0.2, 0.25) is 0 Å². The highest BCUT2D eigenvalue weighted by atomic mass is 32.2. The summed E-state index contributed by atoms with van der Waals surface area (Å²) in [6.07, 6.45) is 0. The molecular formula is C18H29NO3S. The van der Waals surface area contributed by atoms with Crippen molar-refractivity contribution in [2.24, 2.45) is 0 Å². The van der Waals surface area contributed by atoms with Gasteiger partial charge >= 0.3 is 5.97 Å². The third-order valence-corrected chi connectivity index (χ3v) is 4.98. The molecule has 130 valence electrons. The Morgan fingerprint density at radius 2 is 1.65 bits per heavy atom. The van der Waals surface area contributed by atoms with E-state index in [9.17, 15) is 9.00 Å². The first-order chi connectivity index (χ1) is 10.5. The second-order valence-electron chi connectivity index (χ2n) is 7.56. The first kappa shape index (κ1) is 19.8. The van der Waals surface area contributed by atoms with Gasteiger partial charge in [-0.3, -0.25) is 0 Å². The number of nitrogens with one attached hydrogen (secondary N) is 1. The Morgan fingerprint density at radius 1 is 1.13 bits per heavy atom. The van der Waals surface area contributed by atoms with Crippen LogP contribution in [0, 0.1) is 0 Å². The van der Waals surface area contributed by atoms with Crippen LogP contribution in [0.5, 0.6) is 0 Å². The average Bonchev–Trinajstić information content (AvgIpc) is 2.42. The third kappa shape index (κ3) is 5.74. The van der Waals surface area contributed by atoms with E-state index < -0.39 is 27.7 Å². The molecule has 0 amide bonds. The minimum absolute atomic E-state index is 0.0413. The van der Waals surface area contributed by atoms with E-state index in [0.717, 1.165) is 5.56 Å². The molecule has 5 heteroatoms. The van der Waals surface area contributed by atoms with Gasteiger partial charge in [0.15, 0.2) is 0 Å². The molecule has 0 saturated heterocycles. The predicted octanol–water partition coefficient (Wildman–Crippen LogP) is 3.64. The Labute approximate surface area is 142 Å². The molecule has 1 aromatic carbocycles. The molecule has 0 aliphatic rings. The van der Waals surface area contributed by atoms with Crippen LogP contribution in [0.3, 0.4) is 0 Å². The van der Waals surface area contributed by atoms with E-state index in [1.165, 1.54) is 5.56 Å². The van der Waals surface area contributed by atoms with Gasteiger partial charge in [0, 0.05) is 0 Å². The van der Waals surface area contributed by atoms with E-state index in [2.05, 4.69) is 25.5 Å². The normalized spacial score (nSPS) is 15.1. The van der Waals surface area contributed by atoms with Crippen LogP contribution in [-0.2, 0) is 25.9 Å². The van der Waals surface area contributed by atoms with Crippen LogP contribution < -0.4 is 4.72 Å². The molecule has 0 unspecified atom stereocenters. The Balaban J connectivity index is 3.09. The van der Waals surface area contributed by atoms with E-state index in [-0.39, 0.29) is 5.41 Å². The summed E-state index contributed by atoms with van der Waals surface area (Å²) in [5, 5.41) is 0. The molecule has 0 aromatic heterocycles. The first-order valence-electron chi connectivity index (χ1n) is 7.92. The molecule has 0 radical (unpaired) electrons. The van der Waals surface area contributed by atoms with Gasteiger partial charge in [-0.2, -0.15) is 0 Å². The summed E-state index contributed by atoms with van der Waals surface area (Å²) in [6, 6.07) is 7.07. The molecule has 1 N–H and O–H groups in total. The van der Waals surface area contributed by atoms with Crippen molar-refractivity contribution in [3.63, 3.8) is 0 Å². The topological polar surface area (TPSA) is 55.4 Å². The fraction of sp³-hybridized carbons (Fsp3) is 0.611.